The van der Waals surface area contributed by atoms with Gasteiger partial charge in [-0.25, -0.2) is 23.2 Å². The van der Waals surface area contributed by atoms with Crippen molar-refractivity contribution in [3.05, 3.63) is 36.0 Å². The zero-order valence-corrected chi connectivity index (χ0v) is 20.1. The van der Waals surface area contributed by atoms with E-state index < -0.39 is 14.6 Å². The van der Waals surface area contributed by atoms with Gasteiger partial charge in [0.05, 0.1) is 24.9 Å². The number of carbonyl (C=O) groups is 1. The molecule has 178 valence electrons. The molecule has 0 unspecified atom stereocenters. The van der Waals surface area contributed by atoms with Crippen molar-refractivity contribution in [2.24, 2.45) is 0 Å². The number of sulfone groups is 1. The number of nitrogens with one attached hydrogen (secondary N) is 2. The Hall–Kier alpha value is -2.72. The number of hydrogen-bond donors (Lipinski definition) is 2. The molecule has 2 amide bonds. The Balaban J connectivity index is 1.74. The van der Waals surface area contributed by atoms with Gasteiger partial charge in [0, 0.05) is 36.7 Å². The molecule has 0 radical (unpaired) electrons. The van der Waals surface area contributed by atoms with Gasteiger partial charge >= 0.3 is 6.03 Å². The van der Waals surface area contributed by atoms with Gasteiger partial charge in [0.1, 0.15) is 10.6 Å². The molecule has 1 aliphatic carbocycles. The van der Waals surface area contributed by atoms with Gasteiger partial charge in [-0.1, -0.05) is 0 Å². The number of nitrogens with zero attached hydrogens (tertiary/aromatic N) is 3. The Kier molecular flexibility index (Phi) is 6.58. The number of amides is 2. The molecule has 2 aromatic rings. The van der Waals surface area contributed by atoms with Gasteiger partial charge in [-0.05, 0) is 57.4 Å². The molecule has 0 bridgehead atoms. The largest absolute Gasteiger partial charge is 0.377 e. The highest BCUT2D eigenvalue weighted by molar-refractivity contribution is 7.91. The van der Waals surface area contributed by atoms with Crippen LogP contribution in [0.2, 0.25) is 0 Å². The normalized spacial score (nSPS) is 20.1. The molecule has 9 nitrogen and oxygen atoms in total. The first-order valence-electron chi connectivity index (χ1n) is 11.3. The molecule has 1 saturated carbocycles. The van der Waals surface area contributed by atoms with E-state index in [0.717, 1.165) is 12.0 Å². The van der Waals surface area contributed by atoms with Crippen molar-refractivity contribution in [1.29, 1.82) is 0 Å². The highest BCUT2D eigenvalue weighted by atomic mass is 32.2. The quantitative estimate of drug-likeness (QED) is 0.663. The van der Waals surface area contributed by atoms with E-state index in [-0.39, 0.29) is 12.1 Å². The molecule has 1 saturated heterocycles. The molecule has 1 aliphatic heterocycles. The van der Waals surface area contributed by atoms with E-state index in [4.69, 9.17) is 14.7 Å². The van der Waals surface area contributed by atoms with E-state index in [9.17, 15) is 13.2 Å². The van der Waals surface area contributed by atoms with Crippen LogP contribution < -0.4 is 15.5 Å². The van der Waals surface area contributed by atoms with Gasteiger partial charge in [0.15, 0.2) is 15.7 Å². The third kappa shape index (κ3) is 4.67. The zero-order chi connectivity index (χ0) is 23.6. The second-order valence-electron chi connectivity index (χ2n) is 8.73. The van der Waals surface area contributed by atoms with Crippen molar-refractivity contribution in [3.63, 3.8) is 0 Å². The maximum atomic E-state index is 12.8. The predicted octanol–water partition coefficient (Wildman–Crippen LogP) is 2.93. The second kappa shape index (κ2) is 9.26. The van der Waals surface area contributed by atoms with Gasteiger partial charge in [0.2, 0.25) is 0 Å². The summed E-state index contributed by atoms with van der Waals surface area (Å²) in [5, 5.41) is 5.46. The molecule has 2 fully saturated rings. The monoisotopic (exact) mass is 473 g/mol. The lowest BCUT2D eigenvalue weighted by atomic mass is 9.81. The summed E-state index contributed by atoms with van der Waals surface area (Å²) in [6.45, 7) is 6.32. The van der Waals surface area contributed by atoms with Gasteiger partial charge < -0.3 is 20.3 Å². The molecule has 10 heteroatoms. The second-order valence-corrected chi connectivity index (χ2v) is 11.1. The molecular formula is C23H31N5O4S. The average molecular weight is 474 g/mol. The van der Waals surface area contributed by atoms with Crippen LogP contribution in [-0.2, 0) is 19.3 Å². The maximum Gasteiger partial charge on any atom is 0.319 e. The summed E-state index contributed by atoms with van der Waals surface area (Å²) >= 11 is 0. The average Bonchev–Trinajstić information content (AvgIpc) is 2.73. The fourth-order valence-electron chi connectivity index (χ4n) is 4.36. The van der Waals surface area contributed by atoms with Crippen LogP contribution in [0.3, 0.4) is 0 Å². The number of morpholine rings is 1. The molecule has 2 aliphatic rings. The van der Waals surface area contributed by atoms with Crippen LogP contribution in [0.15, 0.2) is 30.3 Å². The molecule has 1 atom stereocenters. The lowest BCUT2D eigenvalue weighted by molar-refractivity contribution is 0.0985. The summed E-state index contributed by atoms with van der Waals surface area (Å²) in [6, 6.07) is 8.93. The standard InChI is InChI=1S/C23H31N5O4S/c1-4-24-22(29)25-18-8-6-17(7-9-18)21-26-19(23(10-5-11-23)33(3,30)31)14-20(27-21)28-12-13-32-15-16(28)2/h6-9,14,16H,4-5,10-13,15H2,1-3H3,(H2,24,25,29)/t16-/m0/s1. The van der Waals surface area contributed by atoms with E-state index in [1.807, 2.05) is 25.1 Å². The van der Waals surface area contributed by atoms with Crippen LogP contribution in [0, 0.1) is 0 Å². The lowest BCUT2D eigenvalue weighted by Crippen LogP contribution is -2.45. The van der Waals surface area contributed by atoms with Gasteiger partial charge in [-0.15, -0.1) is 0 Å². The molecular weight excluding hydrogens is 442 g/mol. The van der Waals surface area contributed by atoms with Crippen molar-refractivity contribution < 1.29 is 17.9 Å². The Morgan fingerprint density at radius 3 is 2.55 bits per heavy atom. The van der Waals surface area contributed by atoms with Crippen LogP contribution >= 0.6 is 0 Å². The predicted molar refractivity (Wildman–Crippen MR) is 128 cm³/mol. The Morgan fingerprint density at radius 1 is 1.24 bits per heavy atom. The molecule has 2 heterocycles. The summed E-state index contributed by atoms with van der Waals surface area (Å²) in [5.74, 6) is 1.19. The number of hydrogen-bond acceptors (Lipinski definition) is 7. The third-order valence-electron chi connectivity index (χ3n) is 6.45. The van der Waals surface area contributed by atoms with E-state index in [2.05, 4.69) is 22.5 Å². The minimum absolute atomic E-state index is 0.119. The lowest BCUT2D eigenvalue weighted by Gasteiger charge is -2.40. The molecule has 0 spiro atoms. The number of benzene rings is 1. The number of anilines is 2. The number of rotatable bonds is 6. The van der Waals surface area contributed by atoms with Crippen LogP contribution in [-0.4, -0.2) is 63.0 Å². The van der Waals surface area contributed by atoms with Crippen molar-refractivity contribution in [2.45, 2.75) is 43.9 Å². The van der Waals surface area contributed by atoms with Gasteiger partial charge in [0.25, 0.3) is 0 Å². The molecule has 1 aromatic carbocycles. The molecule has 33 heavy (non-hydrogen) atoms. The summed E-state index contributed by atoms with van der Waals surface area (Å²) in [5.41, 5.74) is 1.96. The fourth-order valence-corrected chi connectivity index (χ4v) is 5.88. The summed E-state index contributed by atoms with van der Waals surface area (Å²) in [7, 11) is -3.35. The van der Waals surface area contributed by atoms with E-state index in [1.54, 1.807) is 12.1 Å². The van der Waals surface area contributed by atoms with Gasteiger partial charge in [-0.3, -0.25) is 0 Å². The minimum atomic E-state index is -3.35. The number of carbonyl (C=O) groups excluding carboxylic acids is 1. The number of urea groups is 1. The summed E-state index contributed by atoms with van der Waals surface area (Å²) in [4.78, 5) is 23.5. The van der Waals surface area contributed by atoms with Crippen molar-refractivity contribution in [3.8, 4) is 11.4 Å². The van der Waals surface area contributed by atoms with Crippen LogP contribution in [0.5, 0.6) is 0 Å². The minimum Gasteiger partial charge on any atom is -0.377 e. The fraction of sp³-hybridized carbons (Fsp3) is 0.522. The Morgan fingerprint density at radius 2 is 1.97 bits per heavy atom. The third-order valence-corrected chi connectivity index (χ3v) is 8.49. The van der Waals surface area contributed by atoms with Crippen molar-refractivity contribution in [2.75, 3.05) is 42.8 Å². The van der Waals surface area contributed by atoms with E-state index in [0.29, 0.717) is 62.2 Å². The smallest absolute Gasteiger partial charge is 0.319 e. The maximum absolute atomic E-state index is 12.8. The SMILES string of the molecule is CCNC(=O)Nc1ccc(-c2nc(N3CCOC[C@@H]3C)cc(C3(S(C)(=O)=O)CCC3)n2)cc1. The highest BCUT2D eigenvalue weighted by Gasteiger charge is 2.49. The van der Waals surface area contributed by atoms with E-state index in [1.165, 1.54) is 6.26 Å². The number of ether oxygens (including phenoxy) is 1. The Labute approximate surface area is 194 Å². The Bertz CT molecular complexity index is 1120. The summed E-state index contributed by atoms with van der Waals surface area (Å²) in [6.07, 6.45) is 3.29. The van der Waals surface area contributed by atoms with Crippen molar-refractivity contribution in [1.82, 2.24) is 15.3 Å². The van der Waals surface area contributed by atoms with Crippen LogP contribution in [0.1, 0.15) is 38.8 Å². The van der Waals surface area contributed by atoms with Crippen LogP contribution in [0.4, 0.5) is 16.3 Å². The summed E-state index contributed by atoms with van der Waals surface area (Å²) < 4.78 is 30.2. The van der Waals surface area contributed by atoms with Crippen molar-refractivity contribution >= 4 is 27.4 Å². The first-order chi connectivity index (χ1) is 15.7. The first kappa shape index (κ1) is 23.4. The highest BCUT2D eigenvalue weighted by Crippen LogP contribution is 2.48. The number of aromatic nitrogens is 2. The van der Waals surface area contributed by atoms with Crippen LogP contribution in [0.25, 0.3) is 11.4 Å². The molecule has 4 rings (SSSR count). The first-order valence-corrected chi connectivity index (χ1v) is 13.2. The van der Waals surface area contributed by atoms with E-state index >= 15 is 0 Å². The topological polar surface area (TPSA) is 114 Å². The molecule has 2 N–H and O–H groups in total. The zero-order valence-electron chi connectivity index (χ0n) is 19.3. The van der Waals surface area contributed by atoms with Gasteiger partial charge in [-0.2, -0.15) is 0 Å². The molecule has 1 aromatic heterocycles.